The van der Waals surface area contributed by atoms with Crippen molar-refractivity contribution in [2.45, 2.75) is 19.4 Å². The molecule has 1 unspecified atom stereocenters. The molecule has 0 aliphatic rings. The first-order valence-electron chi connectivity index (χ1n) is 5.11. The van der Waals surface area contributed by atoms with Crippen molar-refractivity contribution in [2.24, 2.45) is 0 Å². The Kier molecular flexibility index (Phi) is 4.49. The summed E-state index contributed by atoms with van der Waals surface area (Å²) in [7, 11) is 4.08. The van der Waals surface area contributed by atoms with Crippen molar-refractivity contribution in [2.75, 3.05) is 26.0 Å². The average Bonchev–Trinajstić information content (AvgIpc) is 2.15. The molecule has 84 valence electrons. The molecule has 0 radical (unpaired) electrons. The lowest BCUT2D eigenvalue weighted by Gasteiger charge is -2.17. The Morgan fingerprint density at radius 3 is 2.87 bits per heavy atom. The molecule has 0 aromatic carbocycles. The maximum absolute atomic E-state index is 12.8. The highest BCUT2D eigenvalue weighted by Crippen LogP contribution is 2.09. The van der Waals surface area contributed by atoms with E-state index >= 15 is 0 Å². The lowest BCUT2D eigenvalue weighted by molar-refractivity contribution is 0.390. The predicted octanol–water partition coefficient (Wildman–Crippen LogP) is 1.97. The third-order valence-corrected chi connectivity index (χ3v) is 2.15. The summed E-state index contributed by atoms with van der Waals surface area (Å²) >= 11 is 0. The van der Waals surface area contributed by atoms with E-state index in [1.165, 1.54) is 12.3 Å². The smallest absolute Gasteiger partial charge is 0.214 e. The number of pyridine rings is 1. The Morgan fingerprint density at radius 2 is 2.27 bits per heavy atom. The van der Waals surface area contributed by atoms with Gasteiger partial charge in [-0.3, -0.25) is 0 Å². The maximum Gasteiger partial charge on any atom is 0.214 e. The summed E-state index contributed by atoms with van der Waals surface area (Å²) in [6, 6.07) is 3.51. The molecule has 0 spiro atoms. The van der Waals surface area contributed by atoms with Gasteiger partial charge in [0.15, 0.2) is 0 Å². The summed E-state index contributed by atoms with van der Waals surface area (Å²) < 4.78 is 12.8. The Morgan fingerprint density at radius 1 is 1.53 bits per heavy atom. The number of nitrogens with one attached hydrogen (secondary N) is 1. The second-order valence-electron chi connectivity index (χ2n) is 4.00. The third-order valence-electron chi connectivity index (χ3n) is 2.15. The summed E-state index contributed by atoms with van der Waals surface area (Å²) in [6.07, 6.45) is 2.49. The lowest BCUT2D eigenvalue weighted by Crippen LogP contribution is -2.23. The first-order chi connectivity index (χ1) is 7.08. The normalized spacial score (nSPS) is 12.9. The van der Waals surface area contributed by atoms with Gasteiger partial charge < -0.3 is 10.2 Å². The largest absolute Gasteiger partial charge is 0.382 e. The molecule has 0 amide bonds. The van der Waals surface area contributed by atoms with Crippen molar-refractivity contribution < 1.29 is 4.39 Å². The van der Waals surface area contributed by atoms with E-state index in [1.807, 2.05) is 14.1 Å². The Labute approximate surface area is 90.3 Å². The van der Waals surface area contributed by atoms with Crippen LogP contribution in [0.15, 0.2) is 18.3 Å². The van der Waals surface area contributed by atoms with Crippen molar-refractivity contribution in [3.8, 4) is 0 Å². The van der Waals surface area contributed by atoms with Crippen LogP contribution in [-0.2, 0) is 0 Å². The number of rotatable bonds is 5. The summed E-state index contributed by atoms with van der Waals surface area (Å²) in [4.78, 5) is 5.64. The van der Waals surface area contributed by atoms with E-state index in [9.17, 15) is 4.39 Å². The first-order valence-corrected chi connectivity index (χ1v) is 5.11. The first kappa shape index (κ1) is 11.9. The molecule has 0 aliphatic carbocycles. The van der Waals surface area contributed by atoms with Gasteiger partial charge in [0.25, 0.3) is 0 Å². The predicted molar refractivity (Wildman–Crippen MR) is 60.5 cm³/mol. The minimum Gasteiger partial charge on any atom is -0.382 e. The second kappa shape index (κ2) is 5.66. The molecule has 1 aromatic heterocycles. The SMILES string of the molecule is CC(CCN(C)C)Nc1ccnc(F)c1. The van der Waals surface area contributed by atoms with Crippen molar-refractivity contribution in [3.05, 3.63) is 24.3 Å². The number of hydrogen-bond donors (Lipinski definition) is 1. The fourth-order valence-corrected chi connectivity index (χ4v) is 1.30. The van der Waals surface area contributed by atoms with Crippen molar-refractivity contribution in [1.82, 2.24) is 9.88 Å². The Bertz CT molecular complexity index is 302. The molecule has 0 saturated heterocycles. The molecule has 15 heavy (non-hydrogen) atoms. The minimum absolute atomic E-state index is 0.328. The molecule has 1 N–H and O–H groups in total. The highest BCUT2D eigenvalue weighted by Gasteiger charge is 2.03. The zero-order valence-electron chi connectivity index (χ0n) is 9.50. The van der Waals surface area contributed by atoms with Crippen LogP contribution < -0.4 is 5.32 Å². The van der Waals surface area contributed by atoms with Crippen LogP contribution >= 0.6 is 0 Å². The molecule has 0 saturated carbocycles. The Balaban J connectivity index is 2.40. The molecule has 4 heteroatoms. The van der Waals surface area contributed by atoms with E-state index in [1.54, 1.807) is 6.07 Å². The number of hydrogen-bond acceptors (Lipinski definition) is 3. The van der Waals surface area contributed by atoms with Gasteiger partial charge in [-0.2, -0.15) is 4.39 Å². The van der Waals surface area contributed by atoms with Gasteiger partial charge in [-0.1, -0.05) is 0 Å². The molecular formula is C11H18FN3. The highest BCUT2D eigenvalue weighted by atomic mass is 19.1. The van der Waals surface area contributed by atoms with E-state index in [0.717, 1.165) is 18.7 Å². The van der Waals surface area contributed by atoms with Crippen LogP contribution in [0.4, 0.5) is 10.1 Å². The molecule has 1 heterocycles. The minimum atomic E-state index is -0.445. The van der Waals surface area contributed by atoms with Crippen LogP contribution in [0.2, 0.25) is 0 Å². The topological polar surface area (TPSA) is 28.2 Å². The molecule has 1 atom stereocenters. The molecule has 1 rings (SSSR count). The monoisotopic (exact) mass is 211 g/mol. The fourth-order valence-electron chi connectivity index (χ4n) is 1.30. The Hall–Kier alpha value is -1.16. The zero-order chi connectivity index (χ0) is 11.3. The number of anilines is 1. The summed E-state index contributed by atoms with van der Waals surface area (Å²) in [5, 5.41) is 3.23. The van der Waals surface area contributed by atoms with Gasteiger partial charge in [0.1, 0.15) is 0 Å². The number of aromatic nitrogens is 1. The molecular weight excluding hydrogens is 193 g/mol. The van der Waals surface area contributed by atoms with Crippen LogP contribution in [0.25, 0.3) is 0 Å². The van der Waals surface area contributed by atoms with Crippen molar-refractivity contribution in [3.63, 3.8) is 0 Å². The van der Waals surface area contributed by atoms with Crippen LogP contribution in [-0.4, -0.2) is 36.6 Å². The standard InChI is InChI=1S/C11H18FN3/c1-9(5-7-15(2)3)14-10-4-6-13-11(12)8-10/h4,6,8-9H,5,7H2,1-3H3,(H,13,14). The quantitative estimate of drug-likeness (QED) is 0.755. The lowest BCUT2D eigenvalue weighted by atomic mass is 10.2. The van der Waals surface area contributed by atoms with Gasteiger partial charge in [-0.25, -0.2) is 4.98 Å². The van der Waals surface area contributed by atoms with Gasteiger partial charge >= 0.3 is 0 Å². The van der Waals surface area contributed by atoms with E-state index in [4.69, 9.17) is 0 Å². The van der Waals surface area contributed by atoms with Crippen molar-refractivity contribution in [1.29, 1.82) is 0 Å². The number of halogens is 1. The second-order valence-corrected chi connectivity index (χ2v) is 4.00. The van der Waals surface area contributed by atoms with Crippen LogP contribution in [0.5, 0.6) is 0 Å². The van der Waals surface area contributed by atoms with E-state index < -0.39 is 5.95 Å². The fraction of sp³-hybridized carbons (Fsp3) is 0.545. The highest BCUT2D eigenvalue weighted by molar-refractivity contribution is 5.41. The molecule has 1 aromatic rings. The van der Waals surface area contributed by atoms with Gasteiger partial charge in [0.2, 0.25) is 5.95 Å². The summed E-state index contributed by atoms with van der Waals surface area (Å²) in [5.74, 6) is -0.445. The third kappa shape index (κ3) is 4.74. The molecule has 0 fully saturated rings. The van der Waals surface area contributed by atoms with Crippen molar-refractivity contribution >= 4 is 5.69 Å². The van der Waals surface area contributed by atoms with Crippen LogP contribution in [0, 0.1) is 5.95 Å². The van der Waals surface area contributed by atoms with E-state index in [2.05, 4.69) is 22.1 Å². The molecule has 0 aliphatic heterocycles. The van der Waals surface area contributed by atoms with Crippen LogP contribution in [0.3, 0.4) is 0 Å². The van der Waals surface area contributed by atoms with Gasteiger partial charge in [0.05, 0.1) is 0 Å². The molecule has 0 bridgehead atoms. The maximum atomic E-state index is 12.8. The number of nitrogens with zero attached hydrogens (tertiary/aromatic N) is 2. The van der Waals surface area contributed by atoms with Crippen LogP contribution in [0.1, 0.15) is 13.3 Å². The van der Waals surface area contributed by atoms with Gasteiger partial charge in [-0.05, 0) is 40.1 Å². The van der Waals surface area contributed by atoms with Gasteiger partial charge in [-0.15, -0.1) is 0 Å². The van der Waals surface area contributed by atoms with E-state index in [0.29, 0.717) is 6.04 Å². The summed E-state index contributed by atoms with van der Waals surface area (Å²) in [6.45, 7) is 3.10. The average molecular weight is 211 g/mol. The van der Waals surface area contributed by atoms with Gasteiger partial charge in [0, 0.05) is 24.0 Å². The van der Waals surface area contributed by atoms with E-state index in [-0.39, 0.29) is 0 Å². The zero-order valence-corrected chi connectivity index (χ0v) is 9.50. The summed E-state index contributed by atoms with van der Waals surface area (Å²) in [5.41, 5.74) is 0.786. The molecule has 3 nitrogen and oxygen atoms in total.